The SMILES string of the molecule is CC(c1ccccc1Cl)N1CCN(c2nc(N)c3cnn(C)c3n2)CC1. The van der Waals surface area contributed by atoms with Crippen LogP contribution >= 0.6 is 11.6 Å². The molecular weight excluding hydrogens is 350 g/mol. The van der Waals surface area contributed by atoms with Crippen LogP contribution in [0.1, 0.15) is 18.5 Å². The zero-order valence-electron chi connectivity index (χ0n) is 14.9. The van der Waals surface area contributed by atoms with Crippen LogP contribution in [0.2, 0.25) is 5.02 Å². The number of rotatable bonds is 3. The van der Waals surface area contributed by atoms with E-state index in [4.69, 9.17) is 17.3 Å². The quantitative estimate of drug-likeness (QED) is 0.762. The number of nitrogen functional groups attached to an aromatic ring is 1. The van der Waals surface area contributed by atoms with Gasteiger partial charge in [0.1, 0.15) is 5.82 Å². The fraction of sp³-hybridized carbons (Fsp3) is 0.389. The fourth-order valence-electron chi connectivity index (χ4n) is 3.49. The lowest BCUT2D eigenvalue weighted by molar-refractivity contribution is 0.198. The Morgan fingerprint density at radius 2 is 1.85 bits per heavy atom. The molecule has 1 fully saturated rings. The topological polar surface area (TPSA) is 76.1 Å². The Hall–Kier alpha value is -2.38. The molecule has 0 bridgehead atoms. The van der Waals surface area contributed by atoms with Gasteiger partial charge in [0.2, 0.25) is 5.95 Å². The Kier molecular flexibility index (Phi) is 4.42. The average molecular weight is 372 g/mol. The monoisotopic (exact) mass is 371 g/mol. The summed E-state index contributed by atoms with van der Waals surface area (Å²) in [4.78, 5) is 13.8. The molecular formula is C18H22ClN7. The van der Waals surface area contributed by atoms with Crippen LogP contribution in [-0.2, 0) is 7.05 Å². The summed E-state index contributed by atoms with van der Waals surface area (Å²) < 4.78 is 1.73. The van der Waals surface area contributed by atoms with E-state index >= 15 is 0 Å². The Balaban J connectivity index is 1.50. The van der Waals surface area contributed by atoms with E-state index in [-0.39, 0.29) is 6.04 Å². The number of nitrogens with zero attached hydrogens (tertiary/aromatic N) is 6. The summed E-state index contributed by atoms with van der Waals surface area (Å²) in [5.74, 6) is 1.15. The third-order valence-corrected chi connectivity index (χ3v) is 5.45. The predicted molar refractivity (Wildman–Crippen MR) is 104 cm³/mol. The Morgan fingerprint density at radius 1 is 1.12 bits per heavy atom. The van der Waals surface area contributed by atoms with Gasteiger partial charge in [-0.3, -0.25) is 9.58 Å². The summed E-state index contributed by atoms with van der Waals surface area (Å²) in [5, 5.41) is 5.83. The van der Waals surface area contributed by atoms with Gasteiger partial charge in [-0.2, -0.15) is 15.1 Å². The highest BCUT2D eigenvalue weighted by Crippen LogP contribution is 2.28. The summed E-state index contributed by atoms with van der Waals surface area (Å²) in [6.45, 7) is 5.72. The minimum atomic E-state index is 0.274. The Morgan fingerprint density at radius 3 is 2.58 bits per heavy atom. The van der Waals surface area contributed by atoms with Crippen LogP contribution in [0.15, 0.2) is 30.5 Å². The van der Waals surface area contributed by atoms with Crippen LogP contribution in [0.25, 0.3) is 11.0 Å². The lowest BCUT2D eigenvalue weighted by atomic mass is 10.1. The maximum absolute atomic E-state index is 6.36. The van der Waals surface area contributed by atoms with Gasteiger partial charge in [-0.15, -0.1) is 0 Å². The molecule has 1 aliphatic heterocycles. The van der Waals surface area contributed by atoms with Gasteiger partial charge in [-0.05, 0) is 18.6 Å². The van der Waals surface area contributed by atoms with E-state index in [9.17, 15) is 0 Å². The molecule has 0 amide bonds. The number of hydrogen-bond donors (Lipinski definition) is 1. The van der Waals surface area contributed by atoms with Crippen molar-refractivity contribution in [3.05, 3.63) is 41.0 Å². The van der Waals surface area contributed by atoms with Gasteiger partial charge in [0.25, 0.3) is 0 Å². The van der Waals surface area contributed by atoms with E-state index in [1.807, 2.05) is 25.2 Å². The van der Waals surface area contributed by atoms with Gasteiger partial charge in [0, 0.05) is 44.3 Å². The molecule has 3 aromatic rings. The van der Waals surface area contributed by atoms with Crippen LogP contribution in [0.3, 0.4) is 0 Å². The van der Waals surface area contributed by atoms with Gasteiger partial charge < -0.3 is 10.6 Å². The molecule has 0 saturated carbocycles. The van der Waals surface area contributed by atoms with E-state index in [2.05, 4.69) is 37.9 Å². The Labute approximate surface area is 157 Å². The number of halogens is 1. The molecule has 1 aromatic carbocycles. The van der Waals surface area contributed by atoms with Crippen molar-refractivity contribution in [2.24, 2.45) is 7.05 Å². The van der Waals surface area contributed by atoms with Crippen molar-refractivity contribution in [1.82, 2.24) is 24.6 Å². The van der Waals surface area contributed by atoms with E-state index in [0.717, 1.165) is 42.2 Å². The van der Waals surface area contributed by atoms with Crippen molar-refractivity contribution in [2.45, 2.75) is 13.0 Å². The molecule has 7 nitrogen and oxygen atoms in total. The predicted octanol–water partition coefficient (Wildman–Crippen LogP) is 2.48. The molecule has 1 unspecified atom stereocenters. The molecule has 26 heavy (non-hydrogen) atoms. The highest BCUT2D eigenvalue weighted by molar-refractivity contribution is 6.31. The molecule has 0 spiro atoms. The van der Waals surface area contributed by atoms with E-state index in [0.29, 0.717) is 11.8 Å². The number of aryl methyl sites for hydroxylation is 1. The largest absolute Gasteiger partial charge is 0.383 e. The molecule has 1 saturated heterocycles. The van der Waals surface area contributed by atoms with Crippen molar-refractivity contribution >= 4 is 34.4 Å². The molecule has 3 heterocycles. The first-order valence-electron chi connectivity index (χ1n) is 8.73. The number of piperazine rings is 1. The normalized spacial score (nSPS) is 17.0. The second-order valence-corrected chi connectivity index (χ2v) is 7.04. The van der Waals surface area contributed by atoms with E-state index in [1.165, 1.54) is 5.56 Å². The Bertz CT molecular complexity index is 930. The van der Waals surface area contributed by atoms with Crippen LogP contribution in [0, 0.1) is 0 Å². The number of fused-ring (bicyclic) bond motifs is 1. The molecule has 0 radical (unpaired) electrons. The van der Waals surface area contributed by atoms with Crippen molar-refractivity contribution in [1.29, 1.82) is 0 Å². The molecule has 136 valence electrons. The first-order chi connectivity index (χ1) is 12.5. The zero-order valence-corrected chi connectivity index (χ0v) is 15.7. The molecule has 2 aromatic heterocycles. The number of aromatic nitrogens is 4. The minimum absolute atomic E-state index is 0.274. The zero-order chi connectivity index (χ0) is 18.3. The van der Waals surface area contributed by atoms with Crippen molar-refractivity contribution in [3.63, 3.8) is 0 Å². The summed E-state index contributed by atoms with van der Waals surface area (Å²) in [6, 6.07) is 8.32. The number of anilines is 2. The molecule has 1 aliphatic rings. The lowest BCUT2D eigenvalue weighted by Gasteiger charge is -2.38. The highest BCUT2D eigenvalue weighted by Gasteiger charge is 2.25. The third-order valence-electron chi connectivity index (χ3n) is 5.11. The van der Waals surface area contributed by atoms with Crippen LogP contribution in [0.4, 0.5) is 11.8 Å². The van der Waals surface area contributed by atoms with Gasteiger partial charge in [-0.25, -0.2) is 0 Å². The fourth-order valence-corrected chi connectivity index (χ4v) is 3.79. The smallest absolute Gasteiger partial charge is 0.229 e. The van der Waals surface area contributed by atoms with E-state index < -0.39 is 0 Å². The average Bonchev–Trinajstić information content (AvgIpc) is 3.03. The van der Waals surface area contributed by atoms with Gasteiger partial charge in [0.05, 0.1) is 11.6 Å². The first kappa shape index (κ1) is 17.1. The third kappa shape index (κ3) is 2.97. The molecule has 4 rings (SSSR count). The van der Waals surface area contributed by atoms with Gasteiger partial charge in [0.15, 0.2) is 5.65 Å². The summed E-state index contributed by atoms with van der Waals surface area (Å²) in [6.07, 6.45) is 1.71. The van der Waals surface area contributed by atoms with Crippen LogP contribution < -0.4 is 10.6 Å². The molecule has 2 N–H and O–H groups in total. The number of nitrogens with two attached hydrogens (primary N) is 1. The number of benzene rings is 1. The second-order valence-electron chi connectivity index (χ2n) is 6.63. The summed E-state index contributed by atoms with van der Waals surface area (Å²) >= 11 is 6.36. The van der Waals surface area contributed by atoms with Crippen molar-refractivity contribution in [3.8, 4) is 0 Å². The maximum atomic E-state index is 6.36. The van der Waals surface area contributed by atoms with Crippen LogP contribution in [0.5, 0.6) is 0 Å². The van der Waals surface area contributed by atoms with Gasteiger partial charge in [-0.1, -0.05) is 29.8 Å². The van der Waals surface area contributed by atoms with Gasteiger partial charge >= 0.3 is 0 Å². The first-order valence-corrected chi connectivity index (χ1v) is 9.11. The summed E-state index contributed by atoms with van der Waals surface area (Å²) in [5.41, 5.74) is 8.02. The molecule has 1 atom stereocenters. The van der Waals surface area contributed by atoms with Crippen LogP contribution in [-0.4, -0.2) is 50.8 Å². The maximum Gasteiger partial charge on any atom is 0.229 e. The van der Waals surface area contributed by atoms with Crippen molar-refractivity contribution < 1.29 is 0 Å². The highest BCUT2D eigenvalue weighted by atomic mass is 35.5. The van der Waals surface area contributed by atoms with E-state index in [1.54, 1.807) is 10.9 Å². The second kappa shape index (κ2) is 6.74. The van der Waals surface area contributed by atoms with Crippen molar-refractivity contribution in [2.75, 3.05) is 36.8 Å². The number of hydrogen-bond acceptors (Lipinski definition) is 6. The standard InChI is InChI=1S/C18H22ClN7/c1-12(13-5-3-4-6-15(13)19)25-7-9-26(10-8-25)18-22-16(20)14-11-21-24(2)17(14)23-18/h3-6,11-12H,7-10H2,1-2H3,(H2,20,22,23). The lowest BCUT2D eigenvalue weighted by Crippen LogP contribution is -2.47. The summed E-state index contributed by atoms with van der Waals surface area (Å²) in [7, 11) is 1.86. The minimum Gasteiger partial charge on any atom is -0.383 e. The molecule has 8 heteroatoms. The molecule has 0 aliphatic carbocycles.